The van der Waals surface area contributed by atoms with E-state index in [1.165, 1.54) is 11.3 Å². The van der Waals surface area contributed by atoms with Crippen LogP contribution in [0.4, 0.5) is 5.13 Å². The van der Waals surface area contributed by atoms with E-state index in [1.807, 2.05) is 48.7 Å². The number of thiazole rings is 1. The first kappa shape index (κ1) is 18.5. The molecule has 1 aliphatic rings. The molecule has 30 heavy (non-hydrogen) atoms. The number of amides is 1. The van der Waals surface area contributed by atoms with Crippen LogP contribution in [0, 0.1) is 16.7 Å². The molecule has 4 aromatic rings. The largest absolute Gasteiger partial charge is 0.301 e. The van der Waals surface area contributed by atoms with Crippen LogP contribution in [-0.2, 0) is 11.2 Å². The Balaban J connectivity index is 1.71. The van der Waals surface area contributed by atoms with Crippen LogP contribution in [0.15, 0.2) is 72.2 Å². The fourth-order valence-corrected chi connectivity index (χ4v) is 5.21. The van der Waals surface area contributed by atoms with E-state index in [2.05, 4.69) is 40.6 Å². The van der Waals surface area contributed by atoms with E-state index in [9.17, 15) is 10.1 Å². The summed E-state index contributed by atoms with van der Waals surface area (Å²) in [4.78, 5) is 17.8. The van der Waals surface area contributed by atoms with Gasteiger partial charge in [-0.15, -0.1) is 11.3 Å². The number of aromatic nitrogens is 1. The molecule has 1 heterocycles. The molecule has 0 fully saturated rings. The van der Waals surface area contributed by atoms with Crippen LogP contribution in [0.2, 0.25) is 0 Å². The van der Waals surface area contributed by atoms with Gasteiger partial charge < -0.3 is 5.32 Å². The van der Waals surface area contributed by atoms with Gasteiger partial charge in [0.2, 0.25) is 5.91 Å². The molecule has 1 amide bonds. The second kappa shape index (κ2) is 7.08. The summed E-state index contributed by atoms with van der Waals surface area (Å²) >= 11 is 1.41. The van der Waals surface area contributed by atoms with Gasteiger partial charge in [0.05, 0.1) is 17.0 Å². The highest BCUT2D eigenvalue weighted by molar-refractivity contribution is 7.13. The van der Waals surface area contributed by atoms with Gasteiger partial charge in [-0.3, -0.25) is 4.79 Å². The number of benzene rings is 3. The molecule has 4 nitrogen and oxygen atoms in total. The minimum Gasteiger partial charge on any atom is -0.301 e. The number of hydrogen-bond donors (Lipinski definition) is 1. The molecule has 146 valence electrons. The Morgan fingerprint density at radius 3 is 2.80 bits per heavy atom. The average Bonchev–Trinajstić information content (AvgIpc) is 3.38. The first-order valence-electron chi connectivity index (χ1n) is 9.82. The van der Waals surface area contributed by atoms with Gasteiger partial charge in [0.15, 0.2) is 5.13 Å². The Morgan fingerprint density at radius 1 is 1.17 bits per heavy atom. The van der Waals surface area contributed by atoms with Gasteiger partial charge in [-0.1, -0.05) is 48.5 Å². The van der Waals surface area contributed by atoms with Gasteiger partial charge in [-0.05, 0) is 52.9 Å². The lowest BCUT2D eigenvalue weighted by molar-refractivity contribution is -0.125. The van der Waals surface area contributed by atoms with E-state index in [0.29, 0.717) is 17.1 Å². The Labute approximate surface area is 178 Å². The van der Waals surface area contributed by atoms with Crippen molar-refractivity contribution in [2.45, 2.75) is 19.3 Å². The summed E-state index contributed by atoms with van der Waals surface area (Å²) in [5.74, 6) is -0.211. The number of nitriles is 1. The number of nitrogens with one attached hydrogen (secondary N) is 1. The van der Waals surface area contributed by atoms with Gasteiger partial charge in [0, 0.05) is 17.5 Å². The summed E-state index contributed by atoms with van der Waals surface area (Å²) in [5, 5.41) is 17.2. The van der Waals surface area contributed by atoms with Crippen molar-refractivity contribution in [1.82, 2.24) is 4.98 Å². The van der Waals surface area contributed by atoms with Gasteiger partial charge in [0.25, 0.3) is 0 Å². The van der Waals surface area contributed by atoms with Crippen molar-refractivity contribution >= 4 is 33.1 Å². The Morgan fingerprint density at radius 2 is 2.00 bits per heavy atom. The predicted octanol–water partition coefficient (Wildman–Crippen LogP) is 5.50. The number of fused-ring (bicyclic) bond motifs is 2. The lowest BCUT2D eigenvalue weighted by atomic mass is 9.72. The first-order chi connectivity index (χ1) is 14.6. The minimum atomic E-state index is -0.702. The van der Waals surface area contributed by atoms with Crippen LogP contribution in [0.1, 0.15) is 35.1 Å². The molecule has 0 spiro atoms. The van der Waals surface area contributed by atoms with Gasteiger partial charge >= 0.3 is 0 Å². The molecule has 0 saturated carbocycles. The third-order valence-corrected chi connectivity index (χ3v) is 6.78. The molecule has 3 aromatic carbocycles. The van der Waals surface area contributed by atoms with Crippen LogP contribution >= 0.6 is 11.3 Å². The number of carbonyl (C=O) groups excluding carboxylic acids is 1. The van der Waals surface area contributed by atoms with E-state index in [4.69, 9.17) is 0 Å². The van der Waals surface area contributed by atoms with E-state index in [0.717, 1.165) is 27.5 Å². The van der Waals surface area contributed by atoms with E-state index in [1.54, 1.807) is 6.20 Å². The topological polar surface area (TPSA) is 65.8 Å². The Bertz CT molecular complexity index is 1300. The number of carbonyl (C=O) groups is 1. The van der Waals surface area contributed by atoms with Crippen LogP contribution in [0.3, 0.4) is 0 Å². The van der Waals surface area contributed by atoms with Gasteiger partial charge in [-0.2, -0.15) is 5.26 Å². The number of nitrogens with zero attached hydrogens (tertiary/aromatic N) is 2. The van der Waals surface area contributed by atoms with Crippen LogP contribution in [0.5, 0.6) is 0 Å². The third kappa shape index (κ3) is 2.89. The summed E-state index contributed by atoms with van der Waals surface area (Å²) in [6, 6.07) is 22.5. The maximum atomic E-state index is 13.6. The van der Waals surface area contributed by atoms with Crippen molar-refractivity contribution in [3.63, 3.8) is 0 Å². The summed E-state index contributed by atoms with van der Waals surface area (Å²) < 4.78 is 0. The predicted molar refractivity (Wildman–Crippen MR) is 120 cm³/mol. The van der Waals surface area contributed by atoms with Crippen molar-refractivity contribution in [1.29, 1.82) is 5.26 Å². The molecule has 1 aromatic heterocycles. The zero-order chi connectivity index (χ0) is 20.7. The first-order valence-corrected chi connectivity index (χ1v) is 10.7. The molecule has 1 N–H and O–H groups in total. The highest BCUT2D eigenvalue weighted by Crippen LogP contribution is 2.52. The molecule has 0 aliphatic heterocycles. The molecule has 0 radical (unpaired) electrons. The summed E-state index contributed by atoms with van der Waals surface area (Å²) in [6.07, 6.45) is 2.30. The molecular formula is C25H19N3OS. The van der Waals surface area contributed by atoms with Crippen LogP contribution in [-0.4, -0.2) is 10.9 Å². The molecule has 0 saturated heterocycles. The van der Waals surface area contributed by atoms with Crippen molar-refractivity contribution in [3.05, 3.63) is 94.5 Å². The fourth-order valence-electron chi connectivity index (χ4n) is 4.68. The monoisotopic (exact) mass is 409 g/mol. The minimum absolute atomic E-state index is 0.0508. The zero-order valence-corrected chi connectivity index (χ0v) is 17.2. The quantitative estimate of drug-likeness (QED) is 0.486. The van der Waals surface area contributed by atoms with E-state index < -0.39 is 5.41 Å². The molecule has 5 heteroatoms. The Hall–Kier alpha value is -3.49. The summed E-state index contributed by atoms with van der Waals surface area (Å²) in [7, 11) is 0. The maximum absolute atomic E-state index is 13.6. The number of hydrogen-bond acceptors (Lipinski definition) is 4. The number of anilines is 1. The molecule has 0 bridgehead atoms. The summed E-state index contributed by atoms with van der Waals surface area (Å²) in [6.45, 7) is 2.02. The smallest absolute Gasteiger partial charge is 0.233 e. The van der Waals surface area contributed by atoms with E-state index in [-0.39, 0.29) is 11.8 Å². The Kier molecular flexibility index (Phi) is 4.38. The van der Waals surface area contributed by atoms with Crippen molar-refractivity contribution in [2.75, 3.05) is 5.32 Å². The van der Waals surface area contributed by atoms with Crippen molar-refractivity contribution in [3.8, 4) is 6.07 Å². The zero-order valence-electron chi connectivity index (χ0n) is 16.4. The highest BCUT2D eigenvalue weighted by atomic mass is 32.1. The SMILES string of the molecule is C[C@@]1(C(=O)Nc2nccs2)Cc2ccc(C#N)cc2[C@@H]1c1cccc2ccccc12. The van der Waals surface area contributed by atoms with E-state index >= 15 is 0 Å². The van der Waals surface area contributed by atoms with Crippen molar-refractivity contribution in [2.24, 2.45) is 5.41 Å². The lowest BCUT2D eigenvalue weighted by Gasteiger charge is -2.31. The molecule has 5 rings (SSSR count). The highest BCUT2D eigenvalue weighted by Gasteiger charge is 2.49. The lowest BCUT2D eigenvalue weighted by Crippen LogP contribution is -2.37. The fraction of sp³-hybridized carbons (Fsp3) is 0.160. The molecule has 1 aliphatic carbocycles. The molecule has 0 unspecified atom stereocenters. The average molecular weight is 410 g/mol. The van der Waals surface area contributed by atoms with Crippen molar-refractivity contribution < 1.29 is 4.79 Å². The molecule has 2 atom stereocenters. The normalized spacial score (nSPS) is 19.9. The van der Waals surface area contributed by atoms with Crippen LogP contribution in [0.25, 0.3) is 10.8 Å². The van der Waals surface area contributed by atoms with Gasteiger partial charge in [0.1, 0.15) is 0 Å². The molecular weight excluding hydrogens is 390 g/mol. The maximum Gasteiger partial charge on any atom is 0.233 e. The standard InChI is InChI=1S/C25H19N3OS/c1-25(23(29)28-24-27-11-12-30-24)14-18-10-9-16(15-26)13-21(18)22(25)20-8-4-6-17-5-2-3-7-19(17)20/h2-13,22H,14H2,1H3,(H,27,28,29)/t22-,25+/m0/s1. The third-order valence-electron chi connectivity index (χ3n) is 6.09. The number of rotatable bonds is 3. The second-order valence-corrected chi connectivity index (χ2v) is 8.81. The summed E-state index contributed by atoms with van der Waals surface area (Å²) in [5.41, 5.74) is 3.19. The van der Waals surface area contributed by atoms with Crippen LogP contribution < -0.4 is 5.32 Å². The second-order valence-electron chi connectivity index (χ2n) is 7.91. The van der Waals surface area contributed by atoms with Gasteiger partial charge in [-0.25, -0.2) is 4.98 Å².